The van der Waals surface area contributed by atoms with E-state index in [0.717, 1.165) is 6.42 Å². The van der Waals surface area contributed by atoms with E-state index in [1.807, 2.05) is 17.9 Å². The van der Waals surface area contributed by atoms with Crippen LogP contribution in [0.3, 0.4) is 0 Å². The van der Waals surface area contributed by atoms with E-state index in [4.69, 9.17) is 4.74 Å². The molecule has 5 heteroatoms. The van der Waals surface area contributed by atoms with Crippen molar-refractivity contribution in [3.8, 4) is 0 Å². The second-order valence-electron chi connectivity index (χ2n) is 7.13. The smallest absolute Gasteiger partial charge is 0.322 e. The van der Waals surface area contributed by atoms with Crippen LogP contribution in [0, 0.1) is 0 Å². The molecule has 1 aliphatic heterocycles. The predicted molar refractivity (Wildman–Crippen MR) is 91.7 cm³/mol. The number of alkyl halides is 1. The van der Waals surface area contributed by atoms with Crippen LogP contribution in [-0.4, -0.2) is 55.4 Å². The average molecular weight is 334 g/mol. The molecule has 2 aliphatic rings. The second-order valence-corrected chi connectivity index (χ2v) is 7.13. The van der Waals surface area contributed by atoms with Gasteiger partial charge in [0.25, 0.3) is 0 Å². The Morgan fingerprint density at radius 1 is 1.38 bits per heavy atom. The summed E-state index contributed by atoms with van der Waals surface area (Å²) in [5.41, 5.74) is 0.167. The molecule has 0 amide bonds. The Morgan fingerprint density at radius 3 is 2.67 bits per heavy atom. The number of nitrogens with zero attached hydrogens (tertiary/aromatic N) is 1. The highest BCUT2D eigenvalue weighted by molar-refractivity contribution is 5.75. The monoisotopic (exact) mass is 334 g/mol. The second kappa shape index (κ2) is 7.19. The van der Waals surface area contributed by atoms with Gasteiger partial charge in [0.15, 0.2) is 0 Å². The quantitative estimate of drug-likeness (QED) is 0.812. The Kier molecular flexibility index (Phi) is 5.21. The molecule has 1 aromatic carbocycles. The molecule has 0 spiro atoms. The number of halogens is 1. The third kappa shape index (κ3) is 3.95. The predicted octanol–water partition coefficient (Wildman–Crippen LogP) is 2.50. The SMILES string of the molecule is COC(=O)C(C)N1CCC(F)(CN[C@@H]2C[C@H]2c2ccccc2)CC1. The summed E-state index contributed by atoms with van der Waals surface area (Å²) in [6.45, 7) is 3.42. The number of hydrogen-bond acceptors (Lipinski definition) is 4. The summed E-state index contributed by atoms with van der Waals surface area (Å²) in [5, 5.41) is 3.41. The van der Waals surface area contributed by atoms with E-state index in [0.29, 0.717) is 44.4 Å². The molecule has 1 heterocycles. The van der Waals surface area contributed by atoms with Crippen molar-refractivity contribution in [2.75, 3.05) is 26.7 Å². The van der Waals surface area contributed by atoms with Crippen LogP contribution in [0.25, 0.3) is 0 Å². The van der Waals surface area contributed by atoms with Crippen LogP contribution in [0.1, 0.15) is 37.7 Å². The number of likely N-dealkylation sites (tertiary alicyclic amines) is 1. The number of piperidine rings is 1. The summed E-state index contributed by atoms with van der Waals surface area (Å²) >= 11 is 0. The van der Waals surface area contributed by atoms with Gasteiger partial charge in [-0.1, -0.05) is 30.3 Å². The summed E-state index contributed by atoms with van der Waals surface area (Å²) in [4.78, 5) is 13.6. The van der Waals surface area contributed by atoms with Crippen molar-refractivity contribution in [3.05, 3.63) is 35.9 Å². The maximum atomic E-state index is 15.0. The highest BCUT2D eigenvalue weighted by atomic mass is 19.1. The van der Waals surface area contributed by atoms with Gasteiger partial charge in [0.05, 0.1) is 7.11 Å². The number of nitrogens with one attached hydrogen (secondary N) is 1. The number of ether oxygens (including phenoxy) is 1. The molecule has 3 atom stereocenters. The first-order valence-corrected chi connectivity index (χ1v) is 8.81. The first kappa shape index (κ1) is 17.4. The fourth-order valence-electron chi connectivity index (χ4n) is 3.61. The molecule has 1 aromatic rings. The maximum absolute atomic E-state index is 15.0. The third-order valence-corrected chi connectivity index (χ3v) is 5.48. The number of carbonyl (C=O) groups is 1. The molecule has 3 rings (SSSR count). The van der Waals surface area contributed by atoms with Crippen molar-refractivity contribution in [2.24, 2.45) is 0 Å². The van der Waals surface area contributed by atoms with Crippen LogP contribution >= 0.6 is 0 Å². The normalized spacial score (nSPS) is 27.5. The molecule has 0 radical (unpaired) electrons. The minimum absolute atomic E-state index is 0.247. The van der Waals surface area contributed by atoms with E-state index in [1.54, 1.807) is 0 Å². The lowest BCUT2D eigenvalue weighted by Gasteiger charge is -2.38. The molecular weight excluding hydrogens is 307 g/mol. The Bertz CT molecular complexity index is 558. The van der Waals surface area contributed by atoms with Gasteiger partial charge in [0.1, 0.15) is 11.7 Å². The van der Waals surface area contributed by atoms with Crippen molar-refractivity contribution in [1.29, 1.82) is 0 Å². The summed E-state index contributed by atoms with van der Waals surface area (Å²) < 4.78 is 19.8. The zero-order chi connectivity index (χ0) is 17.2. The van der Waals surface area contributed by atoms with E-state index in [1.165, 1.54) is 12.7 Å². The van der Waals surface area contributed by atoms with Gasteiger partial charge in [-0.2, -0.15) is 0 Å². The lowest BCUT2D eigenvalue weighted by molar-refractivity contribution is -0.147. The van der Waals surface area contributed by atoms with E-state index in [-0.39, 0.29) is 12.0 Å². The van der Waals surface area contributed by atoms with Gasteiger partial charge in [-0.25, -0.2) is 4.39 Å². The van der Waals surface area contributed by atoms with Gasteiger partial charge < -0.3 is 10.1 Å². The van der Waals surface area contributed by atoms with Gasteiger partial charge in [-0.05, 0) is 31.7 Å². The molecule has 1 aliphatic carbocycles. The number of benzene rings is 1. The van der Waals surface area contributed by atoms with E-state index in [2.05, 4.69) is 29.6 Å². The highest BCUT2D eigenvalue weighted by Gasteiger charge is 2.42. The van der Waals surface area contributed by atoms with E-state index < -0.39 is 5.67 Å². The number of hydrogen-bond donors (Lipinski definition) is 1. The molecule has 24 heavy (non-hydrogen) atoms. The first-order valence-electron chi connectivity index (χ1n) is 8.81. The molecule has 1 unspecified atom stereocenters. The topological polar surface area (TPSA) is 41.6 Å². The van der Waals surface area contributed by atoms with E-state index >= 15 is 4.39 Å². The molecule has 1 saturated heterocycles. The van der Waals surface area contributed by atoms with Gasteiger partial charge in [0, 0.05) is 31.6 Å². The Labute approximate surface area is 143 Å². The first-order chi connectivity index (χ1) is 11.5. The lowest BCUT2D eigenvalue weighted by Crippen LogP contribution is -2.51. The minimum Gasteiger partial charge on any atom is -0.468 e. The van der Waals surface area contributed by atoms with Gasteiger partial charge >= 0.3 is 5.97 Å². The molecule has 0 aromatic heterocycles. The van der Waals surface area contributed by atoms with Crippen LogP contribution in [0.2, 0.25) is 0 Å². The average Bonchev–Trinajstić information content (AvgIpc) is 3.40. The summed E-state index contributed by atoms with van der Waals surface area (Å²) in [6, 6.07) is 10.5. The van der Waals surface area contributed by atoms with Crippen LogP contribution < -0.4 is 5.32 Å². The minimum atomic E-state index is -1.17. The molecule has 4 nitrogen and oxygen atoms in total. The number of rotatable bonds is 6. The summed E-state index contributed by atoms with van der Waals surface area (Å²) in [5.74, 6) is 0.275. The van der Waals surface area contributed by atoms with Crippen molar-refractivity contribution in [1.82, 2.24) is 10.2 Å². The van der Waals surface area contributed by atoms with Crippen LogP contribution in [0.5, 0.6) is 0 Å². The Hall–Kier alpha value is -1.46. The summed E-state index contributed by atoms with van der Waals surface area (Å²) in [7, 11) is 1.39. The highest BCUT2D eigenvalue weighted by Crippen LogP contribution is 2.41. The molecule has 2 fully saturated rings. The Morgan fingerprint density at radius 2 is 2.04 bits per heavy atom. The third-order valence-electron chi connectivity index (χ3n) is 5.48. The number of esters is 1. The van der Waals surface area contributed by atoms with Crippen LogP contribution in [-0.2, 0) is 9.53 Å². The number of methoxy groups -OCH3 is 1. The van der Waals surface area contributed by atoms with Crippen LogP contribution in [0.4, 0.5) is 4.39 Å². The molecule has 0 bridgehead atoms. The molecule has 132 valence electrons. The Balaban J connectivity index is 1.43. The van der Waals surface area contributed by atoms with Crippen molar-refractivity contribution in [2.45, 2.75) is 49.9 Å². The molecule has 1 N–H and O–H groups in total. The van der Waals surface area contributed by atoms with Gasteiger partial charge in [0.2, 0.25) is 0 Å². The lowest BCUT2D eigenvalue weighted by atomic mass is 9.92. The zero-order valence-corrected chi connectivity index (χ0v) is 14.5. The van der Waals surface area contributed by atoms with Crippen LogP contribution in [0.15, 0.2) is 30.3 Å². The maximum Gasteiger partial charge on any atom is 0.322 e. The van der Waals surface area contributed by atoms with Crippen molar-refractivity contribution in [3.63, 3.8) is 0 Å². The van der Waals surface area contributed by atoms with Crippen molar-refractivity contribution >= 4 is 5.97 Å². The largest absolute Gasteiger partial charge is 0.468 e. The molecular formula is C19H27FN2O2. The molecule has 1 saturated carbocycles. The fraction of sp³-hybridized carbons (Fsp3) is 0.632. The summed E-state index contributed by atoms with van der Waals surface area (Å²) in [6.07, 6.45) is 2.01. The zero-order valence-electron chi connectivity index (χ0n) is 14.5. The fourth-order valence-corrected chi connectivity index (χ4v) is 3.61. The standard InChI is InChI=1S/C19H27FN2O2/c1-14(18(23)24-2)22-10-8-19(20,9-11-22)13-21-17-12-16(17)15-6-4-3-5-7-15/h3-7,14,16-17,21H,8-13H2,1-2H3/t14?,16-,17+/m0/s1. The van der Waals surface area contributed by atoms with E-state index in [9.17, 15) is 4.79 Å². The number of carbonyl (C=O) groups excluding carboxylic acids is 1. The van der Waals surface area contributed by atoms with Gasteiger partial charge in [-0.15, -0.1) is 0 Å². The van der Waals surface area contributed by atoms with Crippen molar-refractivity contribution < 1.29 is 13.9 Å². The van der Waals surface area contributed by atoms with Gasteiger partial charge in [-0.3, -0.25) is 9.69 Å².